The summed E-state index contributed by atoms with van der Waals surface area (Å²) >= 11 is 12.8. The van der Waals surface area contributed by atoms with Crippen LogP contribution in [0.5, 0.6) is 5.88 Å². The third-order valence-corrected chi connectivity index (χ3v) is 7.56. The van der Waals surface area contributed by atoms with E-state index >= 15 is 0 Å². The summed E-state index contributed by atoms with van der Waals surface area (Å²) in [6, 6.07) is 8.73. The molecule has 2 aromatic carbocycles. The summed E-state index contributed by atoms with van der Waals surface area (Å²) in [5.41, 5.74) is -1.59. The molecule has 0 unspecified atom stereocenters. The average Bonchev–Trinajstić information content (AvgIpc) is 2.64. The summed E-state index contributed by atoms with van der Waals surface area (Å²) in [5, 5.41) is 11.2. The molecule has 0 bridgehead atoms. The van der Waals surface area contributed by atoms with Gasteiger partial charge >= 0.3 is 5.69 Å². The number of fused-ring (bicyclic) bond motifs is 1. The number of H-pyrrole nitrogens is 1. The Hall–Kier alpha value is -2.53. The lowest BCUT2D eigenvalue weighted by Gasteiger charge is -2.18. The fraction of sp³-hybridized carbons (Fsp3) is 0.0556. The van der Waals surface area contributed by atoms with Gasteiger partial charge in [0, 0.05) is 14.9 Å². The summed E-state index contributed by atoms with van der Waals surface area (Å²) in [5.74, 6) is -0.755. The van der Waals surface area contributed by atoms with Crippen molar-refractivity contribution in [2.45, 2.75) is 16.7 Å². The van der Waals surface area contributed by atoms with Crippen molar-refractivity contribution in [3.05, 3.63) is 78.4 Å². The van der Waals surface area contributed by atoms with Gasteiger partial charge in [0.05, 0.1) is 5.69 Å². The Morgan fingerprint density at radius 1 is 1.13 bits per heavy atom. The molecule has 1 aliphatic rings. The van der Waals surface area contributed by atoms with Crippen molar-refractivity contribution >= 4 is 50.0 Å². The molecule has 0 spiro atoms. The first-order valence-corrected chi connectivity index (χ1v) is 11.3. The highest BCUT2D eigenvalue weighted by atomic mass is 35.5. The monoisotopic (exact) mass is 483 g/mol. The fourth-order valence-electron chi connectivity index (χ4n) is 2.84. The number of hydrogen-bond donors (Lipinski definition) is 2. The SMILES string of the molecule is Cc1cc2c(cc1Cl)SC(c1c(O)n(-c3ccc(Cl)cc3)c(=O)[nH]c1=O)=NS2(=O)=O. The molecule has 3 aromatic rings. The number of sulfonamides is 1. The van der Waals surface area contributed by atoms with E-state index in [9.17, 15) is 23.1 Å². The molecule has 0 saturated heterocycles. The zero-order valence-electron chi connectivity index (χ0n) is 15.0. The second kappa shape index (κ2) is 7.31. The van der Waals surface area contributed by atoms with Crippen LogP contribution in [-0.4, -0.2) is 28.1 Å². The molecule has 0 amide bonds. The van der Waals surface area contributed by atoms with E-state index in [-0.39, 0.29) is 20.5 Å². The number of benzene rings is 2. The van der Waals surface area contributed by atoms with Crippen LogP contribution in [0.25, 0.3) is 5.69 Å². The number of aromatic amines is 1. The van der Waals surface area contributed by atoms with Gasteiger partial charge in [-0.05, 0) is 48.9 Å². The standard InChI is InChI=1S/C18H11Cl2N3O5S2/c1-8-6-13-12(7-11(8)20)29-16(22-30(13,27)28)14-15(24)21-18(26)23(17(14)25)10-4-2-9(19)3-5-10/h2-7,25H,1H3,(H,21,24,26). The number of aromatic hydroxyl groups is 1. The van der Waals surface area contributed by atoms with E-state index < -0.39 is 32.7 Å². The first kappa shape index (κ1) is 20.7. The van der Waals surface area contributed by atoms with E-state index in [4.69, 9.17) is 23.2 Å². The van der Waals surface area contributed by atoms with Gasteiger partial charge in [0.15, 0.2) is 0 Å². The minimum Gasteiger partial charge on any atom is -0.493 e. The molecule has 0 radical (unpaired) electrons. The highest BCUT2D eigenvalue weighted by Gasteiger charge is 2.31. The molecule has 2 heterocycles. The molecule has 0 saturated carbocycles. The Labute approximate surface area is 183 Å². The highest BCUT2D eigenvalue weighted by Crippen LogP contribution is 2.39. The van der Waals surface area contributed by atoms with E-state index in [0.717, 1.165) is 16.3 Å². The lowest BCUT2D eigenvalue weighted by Crippen LogP contribution is -2.33. The Bertz CT molecular complexity index is 1460. The number of aryl methyl sites for hydroxylation is 1. The third-order valence-electron chi connectivity index (χ3n) is 4.30. The van der Waals surface area contributed by atoms with Crippen LogP contribution in [0.15, 0.2) is 60.2 Å². The van der Waals surface area contributed by atoms with Crippen LogP contribution in [0.2, 0.25) is 10.0 Å². The van der Waals surface area contributed by atoms with Crippen LogP contribution in [0.3, 0.4) is 0 Å². The van der Waals surface area contributed by atoms with Crippen LogP contribution in [0.1, 0.15) is 11.1 Å². The molecule has 0 atom stereocenters. The zero-order valence-corrected chi connectivity index (χ0v) is 18.2. The van der Waals surface area contributed by atoms with Crippen LogP contribution in [0, 0.1) is 6.92 Å². The molecule has 154 valence electrons. The van der Waals surface area contributed by atoms with Crippen molar-refractivity contribution in [1.82, 2.24) is 9.55 Å². The minimum atomic E-state index is -4.17. The lowest BCUT2D eigenvalue weighted by atomic mass is 10.2. The number of thioether (sulfide) groups is 1. The maximum atomic E-state index is 12.7. The molecule has 4 rings (SSSR count). The van der Waals surface area contributed by atoms with Crippen molar-refractivity contribution < 1.29 is 13.5 Å². The van der Waals surface area contributed by atoms with Gasteiger partial charge in [0.2, 0.25) is 5.88 Å². The van der Waals surface area contributed by atoms with Gasteiger partial charge < -0.3 is 5.11 Å². The summed E-state index contributed by atoms with van der Waals surface area (Å²) in [6.45, 7) is 1.65. The smallest absolute Gasteiger partial charge is 0.335 e. The zero-order chi connectivity index (χ0) is 21.8. The van der Waals surface area contributed by atoms with Gasteiger partial charge in [-0.25, -0.2) is 9.36 Å². The van der Waals surface area contributed by atoms with Crippen LogP contribution in [0.4, 0.5) is 0 Å². The number of halogens is 2. The molecule has 0 fully saturated rings. The Morgan fingerprint density at radius 3 is 2.47 bits per heavy atom. The predicted octanol–water partition coefficient (Wildman–Crippen LogP) is 3.09. The van der Waals surface area contributed by atoms with Crippen LogP contribution in [-0.2, 0) is 10.0 Å². The molecule has 1 aromatic heterocycles. The van der Waals surface area contributed by atoms with E-state index in [1.165, 1.54) is 36.4 Å². The van der Waals surface area contributed by atoms with E-state index in [1.807, 2.05) is 0 Å². The number of nitrogens with zero attached hydrogens (tertiary/aromatic N) is 2. The topological polar surface area (TPSA) is 122 Å². The summed E-state index contributed by atoms with van der Waals surface area (Å²) in [7, 11) is -4.17. The van der Waals surface area contributed by atoms with E-state index in [0.29, 0.717) is 15.6 Å². The summed E-state index contributed by atoms with van der Waals surface area (Å²) in [6.07, 6.45) is 0. The molecule has 30 heavy (non-hydrogen) atoms. The quantitative estimate of drug-likeness (QED) is 0.577. The Morgan fingerprint density at radius 2 is 1.80 bits per heavy atom. The van der Waals surface area contributed by atoms with Gasteiger partial charge in [0.1, 0.15) is 15.5 Å². The first-order valence-electron chi connectivity index (χ1n) is 8.26. The number of hydrogen-bond acceptors (Lipinski definition) is 6. The lowest BCUT2D eigenvalue weighted by molar-refractivity contribution is 0.430. The third kappa shape index (κ3) is 3.45. The molecular formula is C18H11Cl2N3O5S2. The van der Waals surface area contributed by atoms with E-state index in [1.54, 1.807) is 6.92 Å². The second-order valence-electron chi connectivity index (χ2n) is 6.29. The van der Waals surface area contributed by atoms with Gasteiger partial charge in [-0.2, -0.15) is 12.8 Å². The first-order chi connectivity index (χ1) is 14.1. The summed E-state index contributed by atoms with van der Waals surface area (Å²) in [4.78, 5) is 27.1. The molecule has 2 N–H and O–H groups in total. The highest BCUT2D eigenvalue weighted by molar-refractivity contribution is 8.16. The summed E-state index contributed by atoms with van der Waals surface area (Å²) < 4.78 is 29.9. The maximum Gasteiger partial charge on any atom is 0.335 e. The largest absolute Gasteiger partial charge is 0.493 e. The average molecular weight is 484 g/mol. The van der Waals surface area contributed by atoms with Gasteiger partial charge in [-0.3, -0.25) is 9.78 Å². The molecular weight excluding hydrogens is 473 g/mol. The van der Waals surface area contributed by atoms with Gasteiger partial charge in [0.25, 0.3) is 15.6 Å². The van der Waals surface area contributed by atoms with Gasteiger partial charge in [-0.15, -0.1) is 0 Å². The number of rotatable bonds is 2. The number of aromatic nitrogens is 2. The van der Waals surface area contributed by atoms with Crippen LogP contribution < -0.4 is 11.2 Å². The van der Waals surface area contributed by atoms with Crippen molar-refractivity contribution in [3.63, 3.8) is 0 Å². The van der Waals surface area contributed by atoms with Crippen molar-refractivity contribution in [2.75, 3.05) is 0 Å². The van der Waals surface area contributed by atoms with Gasteiger partial charge in [-0.1, -0.05) is 35.0 Å². The predicted molar refractivity (Wildman–Crippen MR) is 115 cm³/mol. The number of nitrogens with one attached hydrogen (secondary N) is 1. The Kier molecular flexibility index (Phi) is 5.05. The van der Waals surface area contributed by atoms with E-state index in [2.05, 4.69) is 9.38 Å². The molecule has 12 heteroatoms. The Balaban J connectivity index is 1.96. The van der Waals surface area contributed by atoms with Crippen molar-refractivity contribution in [3.8, 4) is 11.6 Å². The fourth-order valence-corrected chi connectivity index (χ4v) is 5.96. The molecule has 1 aliphatic heterocycles. The maximum absolute atomic E-state index is 12.7. The molecule has 8 nitrogen and oxygen atoms in total. The van der Waals surface area contributed by atoms with Crippen molar-refractivity contribution in [2.24, 2.45) is 4.40 Å². The van der Waals surface area contributed by atoms with Crippen molar-refractivity contribution in [1.29, 1.82) is 0 Å². The van der Waals surface area contributed by atoms with Crippen LogP contribution >= 0.6 is 35.0 Å². The normalized spacial score (nSPS) is 14.8. The molecule has 0 aliphatic carbocycles. The second-order valence-corrected chi connectivity index (χ2v) is 9.74. The minimum absolute atomic E-state index is 0.0555.